The van der Waals surface area contributed by atoms with Crippen LogP contribution in [0.3, 0.4) is 0 Å². The molecule has 1 unspecified atom stereocenters. The fourth-order valence-electron chi connectivity index (χ4n) is 4.88. The van der Waals surface area contributed by atoms with Gasteiger partial charge >= 0.3 is 12.1 Å². The highest BCUT2D eigenvalue weighted by molar-refractivity contribution is 5.83. The van der Waals surface area contributed by atoms with Gasteiger partial charge in [0, 0.05) is 6.42 Å². The Bertz CT molecular complexity index is 1280. The van der Waals surface area contributed by atoms with Crippen LogP contribution in [0.25, 0.3) is 0 Å². The zero-order valence-corrected chi connectivity index (χ0v) is 21.4. The number of amides is 2. The van der Waals surface area contributed by atoms with Crippen LogP contribution in [-0.2, 0) is 26.5 Å². The minimum absolute atomic E-state index is 0.0627. The Morgan fingerprint density at radius 2 is 1.13 bits per heavy atom. The maximum atomic E-state index is 14.2. The summed E-state index contributed by atoms with van der Waals surface area (Å²) in [6.07, 6.45) is -1.26. The highest BCUT2D eigenvalue weighted by atomic mass is 16.6. The topological polar surface area (TPSA) is 110 Å². The molecule has 0 spiro atoms. The molecule has 0 bridgehead atoms. The van der Waals surface area contributed by atoms with Crippen molar-refractivity contribution in [2.45, 2.75) is 31.0 Å². The molecule has 3 N–H and O–H groups in total. The van der Waals surface area contributed by atoms with Gasteiger partial charge in [0.1, 0.15) is 18.2 Å². The first-order valence-corrected chi connectivity index (χ1v) is 12.6. The number of primary amides is 1. The predicted molar refractivity (Wildman–Crippen MR) is 148 cm³/mol. The molecule has 7 heteroatoms. The molecular formula is C32H30N2O5. The molecular weight excluding hydrogens is 492 g/mol. The van der Waals surface area contributed by atoms with Crippen molar-refractivity contribution in [1.29, 1.82) is 0 Å². The summed E-state index contributed by atoms with van der Waals surface area (Å²) in [5, 5.41) is 10.5. The first-order valence-electron chi connectivity index (χ1n) is 12.6. The first-order chi connectivity index (χ1) is 18.9. The molecule has 0 heterocycles. The molecule has 0 saturated heterocycles. The molecule has 0 fully saturated rings. The number of nitrogens with zero attached hydrogens (tertiary/aromatic N) is 1. The number of benzene rings is 4. The lowest BCUT2D eigenvalue weighted by atomic mass is 9.74. The number of aliphatic carboxylic acids is 1. The van der Waals surface area contributed by atoms with Gasteiger partial charge in [-0.15, -0.1) is 0 Å². The second-order valence-electron chi connectivity index (χ2n) is 9.08. The van der Waals surface area contributed by atoms with Crippen LogP contribution in [-0.4, -0.2) is 34.0 Å². The van der Waals surface area contributed by atoms with Gasteiger partial charge in [-0.3, -0.25) is 9.69 Å². The van der Waals surface area contributed by atoms with Crippen molar-refractivity contribution >= 4 is 18.0 Å². The van der Waals surface area contributed by atoms with Gasteiger partial charge < -0.3 is 15.6 Å². The highest BCUT2D eigenvalue weighted by Crippen LogP contribution is 2.44. The molecule has 0 aromatic heterocycles. The van der Waals surface area contributed by atoms with Gasteiger partial charge in [0.2, 0.25) is 5.91 Å². The third-order valence-corrected chi connectivity index (χ3v) is 6.60. The number of carboxylic acids is 1. The normalized spacial score (nSPS) is 11.8. The van der Waals surface area contributed by atoms with Crippen molar-refractivity contribution in [2.24, 2.45) is 5.73 Å². The quantitative estimate of drug-likeness (QED) is 0.259. The van der Waals surface area contributed by atoms with Crippen LogP contribution < -0.4 is 5.73 Å². The van der Waals surface area contributed by atoms with E-state index in [1.807, 2.05) is 121 Å². The van der Waals surface area contributed by atoms with Gasteiger partial charge in [-0.1, -0.05) is 121 Å². The maximum absolute atomic E-state index is 14.2. The number of carbonyl (C=O) groups excluding carboxylic acids is 2. The standard InChI is InChI=1S/C32H30N2O5/c33-29(35)22-21-28(30(36)37)34(31(38)39-23-24-13-5-1-6-14-24)32(25-15-7-2-8-16-25,26-17-9-3-10-18-26)27-19-11-4-12-20-27/h1-20,28H,21-23H2,(H2,33,35)(H,36,37). The number of nitrogens with two attached hydrogens (primary N) is 1. The average molecular weight is 523 g/mol. The van der Waals surface area contributed by atoms with E-state index in [9.17, 15) is 19.5 Å². The van der Waals surface area contributed by atoms with E-state index >= 15 is 0 Å². The van der Waals surface area contributed by atoms with Gasteiger partial charge in [-0.05, 0) is 28.7 Å². The maximum Gasteiger partial charge on any atom is 0.412 e. The molecule has 1 atom stereocenters. The summed E-state index contributed by atoms with van der Waals surface area (Å²) in [6, 6.07) is 35.4. The highest BCUT2D eigenvalue weighted by Gasteiger charge is 2.50. The van der Waals surface area contributed by atoms with Crippen molar-refractivity contribution in [2.75, 3.05) is 0 Å². The molecule has 0 aliphatic carbocycles. The summed E-state index contributed by atoms with van der Waals surface area (Å²) >= 11 is 0. The van der Waals surface area contributed by atoms with E-state index in [1.54, 1.807) is 0 Å². The van der Waals surface area contributed by atoms with Crippen molar-refractivity contribution in [3.63, 3.8) is 0 Å². The third-order valence-electron chi connectivity index (χ3n) is 6.60. The summed E-state index contributed by atoms with van der Waals surface area (Å²) in [6.45, 7) is -0.0627. The summed E-state index contributed by atoms with van der Waals surface area (Å²) in [5.74, 6) is -1.94. The molecule has 7 nitrogen and oxygen atoms in total. The fourth-order valence-corrected chi connectivity index (χ4v) is 4.88. The molecule has 0 saturated carbocycles. The lowest BCUT2D eigenvalue weighted by Gasteiger charge is -2.47. The molecule has 0 radical (unpaired) electrons. The summed E-state index contributed by atoms with van der Waals surface area (Å²) in [4.78, 5) is 40.1. The number of carboxylic acid groups (broad SMARTS) is 1. The Morgan fingerprint density at radius 1 is 0.718 bits per heavy atom. The van der Waals surface area contributed by atoms with E-state index in [2.05, 4.69) is 0 Å². The number of ether oxygens (including phenoxy) is 1. The Labute approximate surface area is 227 Å². The molecule has 39 heavy (non-hydrogen) atoms. The van der Waals surface area contributed by atoms with Crippen LogP contribution in [0, 0.1) is 0 Å². The van der Waals surface area contributed by atoms with E-state index in [0.29, 0.717) is 16.7 Å². The first kappa shape index (κ1) is 27.1. The van der Waals surface area contributed by atoms with E-state index in [0.717, 1.165) is 5.56 Å². The van der Waals surface area contributed by atoms with Gasteiger partial charge in [0.25, 0.3) is 0 Å². The minimum atomic E-state index is -1.44. The Morgan fingerprint density at radius 3 is 1.51 bits per heavy atom. The van der Waals surface area contributed by atoms with Crippen molar-refractivity contribution in [3.8, 4) is 0 Å². The fraction of sp³-hybridized carbons (Fsp3) is 0.156. The molecule has 0 aliphatic heterocycles. The third kappa shape index (κ3) is 5.99. The largest absolute Gasteiger partial charge is 0.480 e. The van der Waals surface area contributed by atoms with Gasteiger partial charge in [-0.25, -0.2) is 9.59 Å². The lowest BCUT2D eigenvalue weighted by Crippen LogP contribution is -2.58. The number of rotatable bonds is 11. The van der Waals surface area contributed by atoms with E-state index in [-0.39, 0.29) is 19.4 Å². The Hall–Kier alpha value is -4.91. The lowest BCUT2D eigenvalue weighted by molar-refractivity contribution is -0.144. The van der Waals surface area contributed by atoms with Gasteiger partial charge in [0.05, 0.1) is 0 Å². The van der Waals surface area contributed by atoms with Crippen LogP contribution in [0.15, 0.2) is 121 Å². The van der Waals surface area contributed by atoms with Crippen LogP contribution in [0.2, 0.25) is 0 Å². The number of carbonyl (C=O) groups is 3. The summed E-state index contributed by atoms with van der Waals surface area (Å²) in [5.41, 5.74) is 6.73. The minimum Gasteiger partial charge on any atom is -0.480 e. The van der Waals surface area contributed by atoms with Crippen molar-refractivity contribution < 1.29 is 24.2 Å². The van der Waals surface area contributed by atoms with E-state index < -0.39 is 29.6 Å². The SMILES string of the molecule is NC(=O)CCC(C(=O)O)N(C(=O)OCc1ccccc1)C(c1ccccc1)(c1ccccc1)c1ccccc1. The van der Waals surface area contributed by atoms with E-state index in [4.69, 9.17) is 10.5 Å². The van der Waals surface area contributed by atoms with Gasteiger partial charge in [0.15, 0.2) is 0 Å². The second-order valence-corrected chi connectivity index (χ2v) is 9.08. The average Bonchev–Trinajstić information content (AvgIpc) is 2.97. The number of hydrogen-bond acceptors (Lipinski definition) is 4. The van der Waals surface area contributed by atoms with Crippen molar-refractivity contribution in [3.05, 3.63) is 144 Å². The van der Waals surface area contributed by atoms with Crippen molar-refractivity contribution in [1.82, 2.24) is 4.90 Å². The van der Waals surface area contributed by atoms with Gasteiger partial charge in [-0.2, -0.15) is 0 Å². The molecule has 2 amide bonds. The van der Waals surface area contributed by atoms with Crippen LogP contribution in [0.5, 0.6) is 0 Å². The molecule has 198 valence electrons. The number of hydrogen-bond donors (Lipinski definition) is 2. The Balaban J connectivity index is 2.00. The molecule has 4 aromatic carbocycles. The Kier molecular flexibility index (Phi) is 8.74. The van der Waals surface area contributed by atoms with Crippen LogP contribution in [0.4, 0.5) is 4.79 Å². The summed E-state index contributed by atoms with van der Waals surface area (Å²) in [7, 11) is 0. The zero-order valence-electron chi connectivity index (χ0n) is 21.4. The second kappa shape index (κ2) is 12.6. The summed E-state index contributed by atoms with van der Waals surface area (Å²) < 4.78 is 5.81. The predicted octanol–water partition coefficient (Wildman–Crippen LogP) is 5.34. The van der Waals surface area contributed by atoms with Crippen LogP contribution >= 0.6 is 0 Å². The smallest absolute Gasteiger partial charge is 0.412 e. The monoisotopic (exact) mass is 522 g/mol. The molecule has 4 rings (SSSR count). The zero-order chi connectivity index (χ0) is 27.7. The van der Waals surface area contributed by atoms with Crippen LogP contribution in [0.1, 0.15) is 35.1 Å². The molecule has 4 aromatic rings. The van der Waals surface area contributed by atoms with E-state index in [1.165, 1.54) is 4.90 Å². The molecule has 0 aliphatic rings.